The van der Waals surface area contributed by atoms with E-state index >= 15 is 0 Å². The van der Waals surface area contributed by atoms with Crippen LogP contribution in [0.2, 0.25) is 0 Å². The molecule has 0 spiro atoms. The third-order valence-electron chi connectivity index (χ3n) is 3.74. The van der Waals surface area contributed by atoms with Gasteiger partial charge < -0.3 is 5.73 Å². The van der Waals surface area contributed by atoms with Gasteiger partial charge in [-0.1, -0.05) is 13.8 Å². The van der Waals surface area contributed by atoms with Crippen LogP contribution in [-0.2, 0) is 0 Å². The van der Waals surface area contributed by atoms with Gasteiger partial charge >= 0.3 is 0 Å². The Balaban J connectivity index is 3.01. The molecule has 92 valence electrons. The predicted octanol–water partition coefficient (Wildman–Crippen LogP) is 3.27. The number of aromatic nitrogens is 2. The standard InChI is InChI=1S/C14H21N3/c1-7(2)13-8(3)9(4)14-12(15)10(5)11(6)16-17(13)14/h7H,15H2,1-6H3. The van der Waals surface area contributed by atoms with Crippen molar-refractivity contribution in [3.05, 3.63) is 28.1 Å². The zero-order chi connectivity index (χ0) is 12.9. The van der Waals surface area contributed by atoms with Crippen molar-refractivity contribution in [2.24, 2.45) is 0 Å². The number of fused-ring (bicyclic) bond motifs is 1. The molecule has 0 unspecified atom stereocenters. The zero-order valence-electron chi connectivity index (χ0n) is 11.5. The van der Waals surface area contributed by atoms with Crippen LogP contribution in [0, 0.1) is 27.7 Å². The average Bonchev–Trinajstić information content (AvgIpc) is 2.48. The van der Waals surface area contributed by atoms with Gasteiger partial charge in [-0.25, -0.2) is 4.52 Å². The molecule has 0 saturated heterocycles. The van der Waals surface area contributed by atoms with Gasteiger partial charge in [0.25, 0.3) is 0 Å². The fourth-order valence-corrected chi connectivity index (χ4v) is 2.50. The van der Waals surface area contributed by atoms with Crippen LogP contribution in [0.25, 0.3) is 5.52 Å². The van der Waals surface area contributed by atoms with Crippen molar-refractivity contribution in [2.75, 3.05) is 5.73 Å². The molecule has 2 heterocycles. The van der Waals surface area contributed by atoms with E-state index in [0.29, 0.717) is 5.92 Å². The summed E-state index contributed by atoms with van der Waals surface area (Å²) in [5.41, 5.74) is 14.1. The number of rotatable bonds is 1. The number of aryl methyl sites for hydroxylation is 2. The van der Waals surface area contributed by atoms with Crippen molar-refractivity contribution in [3.63, 3.8) is 0 Å². The maximum absolute atomic E-state index is 6.24. The lowest BCUT2D eigenvalue weighted by Crippen LogP contribution is -2.06. The van der Waals surface area contributed by atoms with E-state index in [1.54, 1.807) is 0 Å². The minimum atomic E-state index is 0.449. The van der Waals surface area contributed by atoms with Crippen LogP contribution in [0.4, 0.5) is 5.69 Å². The highest BCUT2D eigenvalue weighted by Crippen LogP contribution is 2.32. The van der Waals surface area contributed by atoms with Crippen molar-refractivity contribution >= 4 is 11.2 Å². The van der Waals surface area contributed by atoms with Gasteiger partial charge in [0.2, 0.25) is 0 Å². The molecular formula is C14H21N3. The highest BCUT2D eigenvalue weighted by molar-refractivity contribution is 5.79. The second-order valence-corrected chi connectivity index (χ2v) is 5.17. The van der Waals surface area contributed by atoms with Crippen LogP contribution in [-0.4, -0.2) is 9.61 Å². The number of hydrogen-bond donors (Lipinski definition) is 1. The quantitative estimate of drug-likeness (QED) is 0.818. The fourth-order valence-electron chi connectivity index (χ4n) is 2.50. The molecule has 0 aliphatic rings. The van der Waals surface area contributed by atoms with Crippen molar-refractivity contribution in [1.29, 1.82) is 0 Å². The smallest absolute Gasteiger partial charge is 0.0914 e. The second kappa shape index (κ2) is 3.76. The normalized spacial score (nSPS) is 11.7. The minimum absolute atomic E-state index is 0.449. The van der Waals surface area contributed by atoms with Gasteiger partial charge in [0.15, 0.2) is 0 Å². The number of nitrogen functional groups attached to an aromatic ring is 1. The summed E-state index contributed by atoms with van der Waals surface area (Å²) in [5, 5.41) is 4.68. The Kier molecular flexibility index (Phi) is 2.64. The molecule has 3 heteroatoms. The van der Waals surface area contributed by atoms with E-state index < -0.39 is 0 Å². The third kappa shape index (κ3) is 1.53. The first kappa shape index (κ1) is 12.0. The van der Waals surface area contributed by atoms with Crippen LogP contribution in [0.15, 0.2) is 0 Å². The lowest BCUT2D eigenvalue weighted by Gasteiger charge is -2.11. The van der Waals surface area contributed by atoms with Crippen LogP contribution >= 0.6 is 0 Å². The molecule has 0 amide bonds. The van der Waals surface area contributed by atoms with Crippen LogP contribution < -0.4 is 5.73 Å². The van der Waals surface area contributed by atoms with E-state index in [9.17, 15) is 0 Å². The minimum Gasteiger partial charge on any atom is -0.397 e. The highest BCUT2D eigenvalue weighted by Gasteiger charge is 2.19. The Morgan fingerprint density at radius 1 is 1.00 bits per heavy atom. The van der Waals surface area contributed by atoms with Crippen molar-refractivity contribution in [3.8, 4) is 0 Å². The van der Waals surface area contributed by atoms with Gasteiger partial charge in [0.1, 0.15) is 0 Å². The van der Waals surface area contributed by atoms with E-state index in [4.69, 9.17) is 5.73 Å². The summed E-state index contributed by atoms with van der Waals surface area (Å²) in [6.07, 6.45) is 0. The molecule has 2 rings (SSSR count). The second-order valence-electron chi connectivity index (χ2n) is 5.17. The van der Waals surface area contributed by atoms with Crippen molar-refractivity contribution in [2.45, 2.75) is 47.5 Å². The van der Waals surface area contributed by atoms with Gasteiger partial charge in [-0.05, 0) is 50.3 Å². The number of anilines is 1. The molecule has 17 heavy (non-hydrogen) atoms. The zero-order valence-corrected chi connectivity index (χ0v) is 11.5. The lowest BCUT2D eigenvalue weighted by molar-refractivity contribution is 0.743. The lowest BCUT2D eigenvalue weighted by atomic mass is 10.0. The summed E-state index contributed by atoms with van der Waals surface area (Å²) in [6, 6.07) is 0. The Hall–Kier alpha value is -1.51. The molecule has 3 nitrogen and oxygen atoms in total. The summed E-state index contributed by atoms with van der Waals surface area (Å²) in [5.74, 6) is 0.449. The average molecular weight is 231 g/mol. The summed E-state index contributed by atoms with van der Waals surface area (Å²) in [4.78, 5) is 0. The van der Waals surface area contributed by atoms with Gasteiger partial charge in [-0.3, -0.25) is 0 Å². The largest absolute Gasteiger partial charge is 0.397 e. The Labute approximate surface area is 103 Å². The first-order valence-corrected chi connectivity index (χ1v) is 6.10. The van der Waals surface area contributed by atoms with E-state index in [1.165, 1.54) is 16.8 Å². The summed E-state index contributed by atoms with van der Waals surface area (Å²) in [6.45, 7) is 12.7. The Morgan fingerprint density at radius 2 is 1.59 bits per heavy atom. The summed E-state index contributed by atoms with van der Waals surface area (Å²) < 4.78 is 2.03. The molecule has 2 N–H and O–H groups in total. The van der Waals surface area contributed by atoms with Crippen LogP contribution in [0.1, 0.15) is 47.8 Å². The highest BCUT2D eigenvalue weighted by atomic mass is 15.2. The number of nitrogens with zero attached hydrogens (tertiary/aromatic N) is 2. The van der Waals surface area contributed by atoms with Gasteiger partial charge in [-0.15, -0.1) is 0 Å². The molecule has 2 aromatic heterocycles. The van der Waals surface area contributed by atoms with Gasteiger partial charge in [0.05, 0.1) is 16.9 Å². The Morgan fingerprint density at radius 3 is 2.12 bits per heavy atom. The molecule has 0 fully saturated rings. The van der Waals surface area contributed by atoms with Gasteiger partial charge in [0, 0.05) is 5.69 Å². The Bertz CT molecular complexity index is 592. The summed E-state index contributed by atoms with van der Waals surface area (Å²) >= 11 is 0. The molecule has 2 aromatic rings. The molecule has 0 radical (unpaired) electrons. The molecule has 0 aliphatic heterocycles. The first-order chi connectivity index (χ1) is 7.86. The SMILES string of the molecule is Cc1nn2c(C(C)C)c(C)c(C)c2c(N)c1C. The van der Waals surface area contributed by atoms with E-state index in [-0.39, 0.29) is 0 Å². The van der Waals surface area contributed by atoms with Gasteiger partial charge in [-0.2, -0.15) is 5.10 Å². The maximum atomic E-state index is 6.24. The fraction of sp³-hybridized carbons (Fsp3) is 0.500. The van der Waals surface area contributed by atoms with Crippen molar-refractivity contribution < 1.29 is 0 Å². The molecule has 0 aliphatic carbocycles. The molecule has 0 aromatic carbocycles. The third-order valence-corrected chi connectivity index (χ3v) is 3.74. The van der Waals surface area contributed by atoms with E-state index in [1.807, 2.05) is 18.4 Å². The van der Waals surface area contributed by atoms with E-state index in [0.717, 1.165) is 22.5 Å². The molecule has 0 atom stereocenters. The van der Waals surface area contributed by atoms with E-state index in [2.05, 4.69) is 32.8 Å². The first-order valence-electron chi connectivity index (χ1n) is 6.10. The predicted molar refractivity (Wildman–Crippen MR) is 72.6 cm³/mol. The topological polar surface area (TPSA) is 43.3 Å². The number of hydrogen-bond acceptors (Lipinski definition) is 2. The number of nitrogens with two attached hydrogens (primary N) is 1. The van der Waals surface area contributed by atoms with Crippen molar-refractivity contribution in [1.82, 2.24) is 9.61 Å². The maximum Gasteiger partial charge on any atom is 0.0914 e. The summed E-state index contributed by atoms with van der Waals surface area (Å²) in [7, 11) is 0. The van der Waals surface area contributed by atoms with Crippen LogP contribution in [0.3, 0.4) is 0 Å². The van der Waals surface area contributed by atoms with Crippen LogP contribution in [0.5, 0.6) is 0 Å². The molecule has 0 bridgehead atoms. The monoisotopic (exact) mass is 231 g/mol. The molecular weight excluding hydrogens is 210 g/mol. The molecule has 0 saturated carbocycles.